The van der Waals surface area contributed by atoms with Crippen LogP contribution >= 0.6 is 23.2 Å². The fourth-order valence-corrected chi connectivity index (χ4v) is 2.24. The van der Waals surface area contributed by atoms with Gasteiger partial charge in [0.2, 0.25) is 0 Å². The van der Waals surface area contributed by atoms with Crippen molar-refractivity contribution in [2.75, 3.05) is 0 Å². The Hall–Kier alpha value is -1.65. The summed E-state index contributed by atoms with van der Waals surface area (Å²) in [6.07, 6.45) is 3.25. The first-order valence-electron chi connectivity index (χ1n) is 5.54. The fraction of sp³-hybridized carbons (Fsp3) is 0.0769. The van der Waals surface area contributed by atoms with Gasteiger partial charge in [-0.3, -0.25) is 0 Å². The molecule has 3 rings (SSSR count). The molecule has 3 aromatic rings. The first kappa shape index (κ1) is 12.4. The molecule has 2 aromatic heterocycles. The van der Waals surface area contributed by atoms with Crippen molar-refractivity contribution >= 4 is 34.2 Å². The minimum atomic E-state index is -0.428. The van der Waals surface area contributed by atoms with Gasteiger partial charge >= 0.3 is 0 Å². The summed E-state index contributed by atoms with van der Waals surface area (Å²) in [5, 5.41) is 1.30. The molecule has 0 unspecified atom stereocenters. The SMILES string of the molecule is Fc1cc(Cn2ccc3c(Cl)ncnc32)ccc1Cl. The van der Waals surface area contributed by atoms with Crippen molar-refractivity contribution in [3.63, 3.8) is 0 Å². The maximum atomic E-state index is 13.4. The monoisotopic (exact) mass is 295 g/mol. The molecule has 0 spiro atoms. The summed E-state index contributed by atoms with van der Waals surface area (Å²) in [7, 11) is 0. The minimum Gasteiger partial charge on any atom is -0.328 e. The Morgan fingerprint density at radius 3 is 2.79 bits per heavy atom. The first-order valence-corrected chi connectivity index (χ1v) is 6.30. The second-order valence-electron chi connectivity index (χ2n) is 4.09. The number of aromatic nitrogens is 3. The summed E-state index contributed by atoms with van der Waals surface area (Å²) in [5.74, 6) is -0.428. The van der Waals surface area contributed by atoms with Gasteiger partial charge in [-0.25, -0.2) is 14.4 Å². The van der Waals surface area contributed by atoms with E-state index >= 15 is 0 Å². The highest BCUT2D eigenvalue weighted by Gasteiger charge is 2.08. The molecule has 96 valence electrons. The molecule has 0 amide bonds. The molecule has 0 bridgehead atoms. The topological polar surface area (TPSA) is 30.7 Å². The Kier molecular flexibility index (Phi) is 3.12. The van der Waals surface area contributed by atoms with Crippen molar-refractivity contribution in [2.45, 2.75) is 6.54 Å². The van der Waals surface area contributed by atoms with Gasteiger partial charge < -0.3 is 4.57 Å². The van der Waals surface area contributed by atoms with Gasteiger partial charge in [-0.05, 0) is 23.8 Å². The lowest BCUT2D eigenvalue weighted by molar-refractivity contribution is 0.624. The standard InChI is InChI=1S/C13H8Cl2FN3/c14-10-2-1-8(5-11(10)16)6-19-4-3-9-12(15)17-7-18-13(9)19/h1-5,7H,6H2. The van der Waals surface area contributed by atoms with Crippen LogP contribution in [-0.4, -0.2) is 14.5 Å². The highest BCUT2D eigenvalue weighted by Crippen LogP contribution is 2.22. The lowest BCUT2D eigenvalue weighted by Gasteiger charge is -2.05. The van der Waals surface area contributed by atoms with Gasteiger partial charge in [-0.2, -0.15) is 0 Å². The van der Waals surface area contributed by atoms with Crippen molar-refractivity contribution in [2.24, 2.45) is 0 Å². The number of hydrogen-bond donors (Lipinski definition) is 0. The van der Waals surface area contributed by atoms with Gasteiger partial charge in [-0.15, -0.1) is 0 Å². The molecule has 0 aliphatic rings. The van der Waals surface area contributed by atoms with Crippen molar-refractivity contribution in [1.29, 1.82) is 0 Å². The van der Waals surface area contributed by atoms with E-state index in [4.69, 9.17) is 23.2 Å². The summed E-state index contributed by atoms with van der Waals surface area (Å²) < 4.78 is 15.3. The molecule has 2 heterocycles. The van der Waals surface area contributed by atoms with Crippen LogP contribution in [0.3, 0.4) is 0 Å². The van der Waals surface area contributed by atoms with E-state index in [2.05, 4.69) is 9.97 Å². The van der Waals surface area contributed by atoms with Crippen LogP contribution in [0.1, 0.15) is 5.56 Å². The van der Waals surface area contributed by atoms with Crippen molar-refractivity contribution < 1.29 is 4.39 Å². The third-order valence-corrected chi connectivity index (χ3v) is 3.45. The maximum Gasteiger partial charge on any atom is 0.145 e. The molecule has 0 saturated carbocycles. The van der Waals surface area contributed by atoms with E-state index in [0.29, 0.717) is 11.7 Å². The van der Waals surface area contributed by atoms with Crippen LogP contribution < -0.4 is 0 Å². The molecule has 0 aliphatic carbocycles. The predicted octanol–water partition coefficient (Wildman–Crippen LogP) is 3.93. The summed E-state index contributed by atoms with van der Waals surface area (Å²) >= 11 is 11.6. The third-order valence-electron chi connectivity index (χ3n) is 2.84. The normalized spacial score (nSPS) is 11.1. The zero-order chi connectivity index (χ0) is 13.4. The fourth-order valence-electron chi connectivity index (χ4n) is 1.94. The van der Waals surface area contributed by atoms with Gasteiger partial charge in [-0.1, -0.05) is 29.3 Å². The van der Waals surface area contributed by atoms with E-state index in [1.54, 1.807) is 12.1 Å². The molecule has 0 N–H and O–H groups in total. The summed E-state index contributed by atoms with van der Waals surface area (Å²) in [6, 6.07) is 6.57. The molecule has 0 radical (unpaired) electrons. The zero-order valence-corrected chi connectivity index (χ0v) is 11.2. The smallest absolute Gasteiger partial charge is 0.145 e. The van der Waals surface area contributed by atoms with Crippen molar-refractivity contribution in [1.82, 2.24) is 14.5 Å². The number of halogens is 3. The molecule has 1 aromatic carbocycles. The van der Waals surface area contributed by atoms with E-state index in [9.17, 15) is 4.39 Å². The van der Waals surface area contributed by atoms with Gasteiger partial charge in [0.15, 0.2) is 0 Å². The lowest BCUT2D eigenvalue weighted by Crippen LogP contribution is -2.00. The molecular weight excluding hydrogens is 288 g/mol. The molecule has 0 saturated heterocycles. The summed E-state index contributed by atoms with van der Waals surface area (Å²) in [4.78, 5) is 8.10. The van der Waals surface area contributed by atoms with Gasteiger partial charge in [0.25, 0.3) is 0 Å². The minimum absolute atomic E-state index is 0.117. The Bertz CT molecular complexity index is 755. The van der Waals surface area contributed by atoms with Crippen LogP contribution in [0.5, 0.6) is 0 Å². The van der Waals surface area contributed by atoms with Gasteiger partial charge in [0.1, 0.15) is 22.9 Å². The Morgan fingerprint density at radius 1 is 1.16 bits per heavy atom. The number of hydrogen-bond acceptors (Lipinski definition) is 2. The average molecular weight is 296 g/mol. The summed E-state index contributed by atoms with van der Waals surface area (Å²) in [6.45, 7) is 0.491. The lowest BCUT2D eigenvalue weighted by atomic mass is 10.2. The Labute approximate surface area is 118 Å². The van der Waals surface area contributed by atoms with E-state index in [1.165, 1.54) is 12.4 Å². The second kappa shape index (κ2) is 4.79. The van der Waals surface area contributed by atoms with Crippen molar-refractivity contribution in [3.8, 4) is 0 Å². The Morgan fingerprint density at radius 2 is 2.00 bits per heavy atom. The third kappa shape index (κ3) is 2.29. The van der Waals surface area contributed by atoms with Crippen molar-refractivity contribution in [3.05, 3.63) is 58.3 Å². The highest BCUT2D eigenvalue weighted by atomic mass is 35.5. The van der Waals surface area contributed by atoms with Gasteiger partial charge in [0.05, 0.1) is 10.4 Å². The molecule has 19 heavy (non-hydrogen) atoms. The second-order valence-corrected chi connectivity index (χ2v) is 4.86. The largest absolute Gasteiger partial charge is 0.328 e. The highest BCUT2D eigenvalue weighted by molar-refractivity contribution is 6.33. The predicted molar refractivity (Wildman–Crippen MR) is 73.1 cm³/mol. The molecular formula is C13H8Cl2FN3. The van der Waals surface area contributed by atoms with Crippen LogP contribution in [0.25, 0.3) is 11.0 Å². The molecule has 0 aliphatic heterocycles. The quantitative estimate of drug-likeness (QED) is 0.671. The van der Waals surface area contributed by atoms with E-state index < -0.39 is 5.82 Å². The van der Waals surface area contributed by atoms with Gasteiger partial charge in [0, 0.05) is 12.7 Å². The van der Waals surface area contributed by atoms with Crippen LogP contribution in [-0.2, 0) is 6.54 Å². The molecule has 0 atom stereocenters. The molecule has 0 fully saturated rings. The van der Waals surface area contributed by atoms with Crippen LogP contribution in [0, 0.1) is 5.82 Å². The average Bonchev–Trinajstić information content (AvgIpc) is 2.79. The van der Waals surface area contributed by atoms with E-state index in [0.717, 1.165) is 16.6 Å². The van der Waals surface area contributed by atoms with E-state index in [-0.39, 0.29) is 5.02 Å². The first-order chi connectivity index (χ1) is 9.15. The number of fused-ring (bicyclic) bond motifs is 1. The van der Waals surface area contributed by atoms with E-state index in [1.807, 2.05) is 16.8 Å². The number of benzene rings is 1. The Balaban J connectivity index is 2.01. The van der Waals surface area contributed by atoms with Crippen LogP contribution in [0.2, 0.25) is 10.2 Å². The van der Waals surface area contributed by atoms with Crippen LogP contribution in [0.15, 0.2) is 36.8 Å². The number of nitrogens with zero attached hydrogens (tertiary/aromatic N) is 3. The van der Waals surface area contributed by atoms with Crippen LogP contribution in [0.4, 0.5) is 4.39 Å². The zero-order valence-electron chi connectivity index (χ0n) is 9.65. The molecule has 3 nitrogen and oxygen atoms in total. The summed E-state index contributed by atoms with van der Waals surface area (Å²) in [5.41, 5.74) is 1.52. The number of rotatable bonds is 2. The molecule has 6 heteroatoms. The maximum absolute atomic E-state index is 13.4.